The number of hydrogen-bond acceptors (Lipinski definition) is 6. The van der Waals surface area contributed by atoms with E-state index in [1.54, 1.807) is 0 Å². The summed E-state index contributed by atoms with van der Waals surface area (Å²) in [6.45, 7) is 8.99. The van der Waals surface area contributed by atoms with E-state index in [0.29, 0.717) is 11.7 Å². The van der Waals surface area contributed by atoms with Crippen LogP contribution in [0.4, 0.5) is 0 Å². The Morgan fingerprint density at radius 2 is 2.05 bits per heavy atom. The van der Waals surface area contributed by atoms with Crippen LogP contribution in [0.25, 0.3) is 0 Å². The van der Waals surface area contributed by atoms with Crippen molar-refractivity contribution in [1.82, 2.24) is 24.9 Å². The normalized spacial score (nSPS) is 18.8. The molecule has 0 bridgehead atoms. The van der Waals surface area contributed by atoms with E-state index in [4.69, 9.17) is 4.52 Å². The van der Waals surface area contributed by atoms with Crippen molar-refractivity contribution in [2.45, 2.75) is 26.4 Å². The van der Waals surface area contributed by atoms with Crippen molar-refractivity contribution in [1.29, 1.82) is 0 Å². The lowest BCUT2D eigenvalue weighted by atomic mass is 10.2. The molecular formula is C15H21N5O. The van der Waals surface area contributed by atoms with Gasteiger partial charge in [0.2, 0.25) is 5.89 Å². The van der Waals surface area contributed by atoms with Gasteiger partial charge in [-0.15, -0.1) is 0 Å². The summed E-state index contributed by atoms with van der Waals surface area (Å²) in [5.74, 6) is 1.41. The molecule has 0 radical (unpaired) electrons. The summed E-state index contributed by atoms with van der Waals surface area (Å²) in [6.07, 6.45) is 1.85. The number of rotatable bonds is 4. The van der Waals surface area contributed by atoms with Gasteiger partial charge in [0, 0.05) is 38.9 Å². The van der Waals surface area contributed by atoms with Gasteiger partial charge in [-0.05, 0) is 26.0 Å². The number of hydrogen-bond donors (Lipinski definition) is 0. The molecule has 21 heavy (non-hydrogen) atoms. The standard InChI is InChI=1S/C15H21N5O/c1-12(15-17-13(2)18-21-15)20-9-7-19(8-10-20)11-14-5-3-4-6-16-14/h3-6,12H,7-11H2,1-2H3/t12-/m1/s1. The molecular weight excluding hydrogens is 266 g/mol. The fourth-order valence-electron chi connectivity index (χ4n) is 2.67. The molecule has 1 fully saturated rings. The molecule has 3 rings (SSSR count). The van der Waals surface area contributed by atoms with Crippen molar-refractivity contribution in [3.63, 3.8) is 0 Å². The Bertz CT molecular complexity index is 562. The number of pyridine rings is 1. The van der Waals surface area contributed by atoms with Crippen LogP contribution in [0.2, 0.25) is 0 Å². The molecule has 0 amide bonds. The number of aromatic nitrogens is 3. The summed E-state index contributed by atoms with van der Waals surface area (Å²) in [4.78, 5) is 13.5. The van der Waals surface area contributed by atoms with Gasteiger partial charge in [0.1, 0.15) is 0 Å². The van der Waals surface area contributed by atoms with Gasteiger partial charge >= 0.3 is 0 Å². The van der Waals surface area contributed by atoms with Gasteiger partial charge in [0.05, 0.1) is 11.7 Å². The topological polar surface area (TPSA) is 58.3 Å². The molecule has 0 spiro atoms. The van der Waals surface area contributed by atoms with E-state index in [1.165, 1.54) is 0 Å². The molecule has 0 unspecified atom stereocenters. The van der Waals surface area contributed by atoms with Crippen LogP contribution in [0, 0.1) is 6.92 Å². The van der Waals surface area contributed by atoms with E-state index in [0.717, 1.165) is 38.4 Å². The smallest absolute Gasteiger partial charge is 0.243 e. The highest BCUT2D eigenvalue weighted by Crippen LogP contribution is 2.20. The molecule has 3 heterocycles. The lowest BCUT2D eigenvalue weighted by molar-refractivity contribution is 0.0839. The molecule has 2 aromatic rings. The lowest BCUT2D eigenvalue weighted by Crippen LogP contribution is -2.46. The van der Waals surface area contributed by atoms with Crippen molar-refractivity contribution in [2.75, 3.05) is 26.2 Å². The molecule has 0 aliphatic carbocycles. The zero-order valence-corrected chi connectivity index (χ0v) is 12.6. The fraction of sp³-hybridized carbons (Fsp3) is 0.533. The Hall–Kier alpha value is -1.79. The molecule has 6 nitrogen and oxygen atoms in total. The highest BCUT2D eigenvalue weighted by Gasteiger charge is 2.25. The van der Waals surface area contributed by atoms with Crippen molar-refractivity contribution < 1.29 is 4.52 Å². The van der Waals surface area contributed by atoms with Crippen molar-refractivity contribution in [3.05, 3.63) is 41.8 Å². The first-order valence-electron chi connectivity index (χ1n) is 7.39. The van der Waals surface area contributed by atoms with Crippen LogP contribution in [0.1, 0.15) is 30.4 Å². The van der Waals surface area contributed by atoms with Crippen LogP contribution in [-0.4, -0.2) is 51.1 Å². The highest BCUT2D eigenvalue weighted by atomic mass is 16.5. The Labute approximate surface area is 124 Å². The Balaban J connectivity index is 1.53. The van der Waals surface area contributed by atoms with Gasteiger partial charge in [0.15, 0.2) is 5.82 Å². The molecule has 6 heteroatoms. The first kappa shape index (κ1) is 14.2. The van der Waals surface area contributed by atoms with E-state index in [1.807, 2.05) is 25.3 Å². The second-order valence-corrected chi connectivity index (χ2v) is 5.49. The average molecular weight is 287 g/mol. The zero-order chi connectivity index (χ0) is 14.7. The van der Waals surface area contributed by atoms with Gasteiger partial charge in [-0.2, -0.15) is 4.98 Å². The Kier molecular flexibility index (Phi) is 4.26. The third-order valence-electron chi connectivity index (χ3n) is 3.97. The molecule has 0 aromatic carbocycles. The van der Waals surface area contributed by atoms with Crippen LogP contribution < -0.4 is 0 Å². The lowest BCUT2D eigenvalue weighted by Gasteiger charge is -2.36. The van der Waals surface area contributed by atoms with Gasteiger partial charge in [-0.3, -0.25) is 14.8 Å². The minimum Gasteiger partial charge on any atom is -0.338 e. The molecule has 0 saturated carbocycles. The van der Waals surface area contributed by atoms with Gasteiger partial charge < -0.3 is 4.52 Å². The van der Waals surface area contributed by atoms with Crippen molar-refractivity contribution >= 4 is 0 Å². The first-order valence-corrected chi connectivity index (χ1v) is 7.39. The third kappa shape index (κ3) is 3.46. The molecule has 0 N–H and O–H groups in total. The van der Waals surface area contributed by atoms with Crippen LogP contribution in [0.5, 0.6) is 0 Å². The first-order chi connectivity index (χ1) is 10.2. The third-order valence-corrected chi connectivity index (χ3v) is 3.97. The number of aryl methyl sites for hydroxylation is 1. The molecule has 1 aliphatic heterocycles. The molecule has 1 saturated heterocycles. The minimum atomic E-state index is 0.184. The Morgan fingerprint density at radius 3 is 2.67 bits per heavy atom. The summed E-state index contributed by atoms with van der Waals surface area (Å²) in [5, 5.41) is 3.87. The van der Waals surface area contributed by atoms with Gasteiger partial charge in [0.25, 0.3) is 0 Å². The summed E-state index contributed by atoms with van der Waals surface area (Å²) in [5.41, 5.74) is 1.13. The molecule has 2 aromatic heterocycles. The fourth-order valence-corrected chi connectivity index (χ4v) is 2.67. The zero-order valence-electron chi connectivity index (χ0n) is 12.6. The molecule has 1 aliphatic rings. The van der Waals surface area contributed by atoms with Crippen LogP contribution in [0.15, 0.2) is 28.9 Å². The van der Waals surface area contributed by atoms with E-state index in [-0.39, 0.29) is 6.04 Å². The van der Waals surface area contributed by atoms with E-state index >= 15 is 0 Å². The summed E-state index contributed by atoms with van der Waals surface area (Å²) < 4.78 is 5.28. The SMILES string of the molecule is Cc1noc([C@@H](C)N2CCN(Cc3ccccn3)CC2)n1. The predicted molar refractivity (Wildman–Crippen MR) is 78.5 cm³/mol. The van der Waals surface area contributed by atoms with Crippen LogP contribution in [-0.2, 0) is 6.54 Å². The van der Waals surface area contributed by atoms with Gasteiger partial charge in [-0.25, -0.2) is 0 Å². The molecule has 112 valence electrons. The van der Waals surface area contributed by atoms with Crippen LogP contribution in [0.3, 0.4) is 0 Å². The largest absolute Gasteiger partial charge is 0.338 e. The minimum absolute atomic E-state index is 0.184. The number of nitrogens with zero attached hydrogens (tertiary/aromatic N) is 5. The quantitative estimate of drug-likeness (QED) is 0.852. The van der Waals surface area contributed by atoms with Crippen molar-refractivity contribution in [3.8, 4) is 0 Å². The van der Waals surface area contributed by atoms with E-state index < -0.39 is 0 Å². The number of piperazine rings is 1. The maximum absolute atomic E-state index is 5.28. The second-order valence-electron chi connectivity index (χ2n) is 5.49. The maximum atomic E-state index is 5.28. The summed E-state index contributed by atoms with van der Waals surface area (Å²) in [6, 6.07) is 6.26. The monoisotopic (exact) mass is 287 g/mol. The van der Waals surface area contributed by atoms with E-state index in [2.05, 4.69) is 37.9 Å². The Morgan fingerprint density at radius 1 is 1.24 bits per heavy atom. The van der Waals surface area contributed by atoms with Crippen LogP contribution >= 0.6 is 0 Å². The van der Waals surface area contributed by atoms with Crippen molar-refractivity contribution in [2.24, 2.45) is 0 Å². The highest BCUT2D eigenvalue weighted by molar-refractivity contribution is 5.03. The second kappa shape index (κ2) is 6.32. The maximum Gasteiger partial charge on any atom is 0.243 e. The van der Waals surface area contributed by atoms with Gasteiger partial charge in [-0.1, -0.05) is 11.2 Å². The average Bonchev–Trinajstić information content (AvgIpc) is 2.95. The predicted octanol–water partition coefficient (Wildman–Crippen LogP) is 1.65. The van der Waals surface area contributed by atoms with E-state index in [9.17, 15) is 0 Å². The summed E-state index contributed by atoms with van der Waals surface area (Å²) in [7, 11) is 0. The molecule has 1 atom stereocenters. The summed E-state index contributed by atoms with van der Waals surface area (Å²) >= 11 is 0.